The first-order chi connectivity index (χ1) is 17.5. The van der Waals surface area contributed by atoms with Crippen LogP contribution in [-0.2, 0) is 32.0 Å². The summed E-state index contributed by atoms with van der Waals surface area (Å²) in [6, 6.07) is 1.86. The number of nitrogens with one attached hydrogen (secondary N) is 4. The molecule has 2 rings (SSSR count). The number of hydrogen-bond donors (Lipinski definition) is 8. The van der Waals surface area contributed by atoms with E-state index >= 15 is 0 Å². The van der Waals surface area contributed by atoms with Gasteiger partial charge in [-0.25, -0.2) is 9.78 Å². The molecule has 37 heavy (non-hydrogen) atoms. The molecule has 1 heterocycles. The van der Waals surface area contributed by atoms with E-state index in [-0.39, 0.29) is 30.3 Å². The predicted molar refractivity (Wildman–Crippen MR) is 139 cm³/mol. The normalized spacial score (nSPS) is 15.0. The van der Waals surface area contributed by atoms with Crippen LogP contribution in [0.25, 0.3) is 0 Å². The number of rotatable bonds is 14. The van der Waals surface area contributed by atoms with Gasteiger partial charge in [0.05, 0.1) is 12.4 Å². The van der Waals surface area contributed by atoms with Crippen LogP contribution in [0, 0.1) is 5.92 Å². The molecule has 0 aliphatic heterocycles. The van der Waals surface area contributed by atoms with E-state index in [1.165, 1.54) is 24.7 Å². The molecule has 3 amide bonds. The van der Waals surface area contributed by atoms with Crippen molar-refractivity contribution >= 4 is 36.3 Å². The maximum absolute atomic E-state index is 13.1. The second kappa shape index (κ2) is 14.2. The molecule has 12 nitrogen and oxygen atoms in total. The summed E-state index contributed by atoms with van der Waals surface area (Å²) in [6.45, 7) is 3.50. The minimum Gasteiger partial charge on any atom is -0.508 e. The smallest absolute Gasteiger partial charge is 0.326 e. The van der Waals surface area contributed by atoms with Gasteiger partial charge in [0.1, 0.15) is 23.9 Å². The average Bonchev–Trinajstić information content (AvgIpc) is 3.38. The summed E-state index contributed by atoms with van der Waals surface area (Å²) < 4.78 is 0. The molecule has 2 aromatic rings. The van der Waals surface area contributed by atoms with Crippen molar-refractivity contribution in [3.8, 4) is 5.75 Å². The number of phenols is 1. The zero-order valence-corrected chi connectivity index (χ0v) is 21.6. The SMILES string of the molecule is CCC(C)C(NC(=O)C(CS)NC(=O)C(Cc1cnc[nH]1)NC(=O)C(N)Cc1ccc(O)cc1)C(=O)O. The predicted octanol–water partition coefficient (Wildman–Crippen LogP) is -0.257. The number of carbonyl (C=O) groups excluding carboxylic acids is 3. The van der Waals surface area contributed by atoms with Gasteiger partial charge in [0.25, 0.3) is 0 Å². The van der Waals surface area contributed by atoms with Crippen LogP contribution in [-0.4, -0.2) is 73.8 Å². The number of aromatic hydroxyl groups is 1. The standard InChI is InChI=1S/C24H34N6O6S/c1-3-13(2)20(24(35)36)30-23(34)19(11-37)29-22(33)18(9-15-10-26-12-27-15)28-21(32)17(25)8-14-4-6-16(31)7-5-14/h4-7,10,12-13,17-20,31,37H,3,8-9,11,25H2,1-2H3,(H,26,27)(H,28,32)(H,29,33)(H,30,34)(H,35,36). The van der Waals surface area contributed by atoms with Crippen molar-refractivity contribution in [2.24, 2.45) is 11.7 Å². The first kappa shape index (κ1) is 29.6. The molecule has 0 radical (unpaired) electrons. The summed E-state index contributed by atoms with van der Waals surface area (Å²) >= 11 is 4.14. The summed E-state index contributed by atoms with van der Waals surface area (Å²) in [7, 11) is 0. The average molecular weight is 535 g/mol. The van der Waals surface area contributed by atoms with E-state index in [0.29, 0.717) is 12.1 Å². The number of H-pyrrole nitrogens is 1. The van der Waals surface area contributed by atoms with E-state index in [2.05, 4.69) is 38.5 Å². The fraction of sp³-hybridized carbons (Fsp3) is 0.458. The van der Waals surface area contributed by atoms with Crippen LogP contribution in [0.2, 0.25) is 0 Å². The van der Waals surface area contributed by atoms with Gasteiger partial charge in [-0.3, -0.25) is 14.4 Å². The van der Waals surface area contributed by atoms with Crippen molar-refractivity contribution in [2.75, 3.05) is 5.75 Å². The summed E-state index contributed by atoms with van der Waals surface area (Å²) in [5, 5.41) is 26.5. The lowest BCUT2D eigenvalue weighted by atomic mass is 9.99. The number of aliphatic carboxylic acids is 1. The molecule has 5 unspecified atom stereocenters. The van der Waals surface area contributed by atoms with Crippen LogP contribution >= 0.6 is 12.6 Å². The first-order valence-electron chi connectivity index (χ1n) is 11.8. The molecule has 0 aliphatic carbocycles. The van der Waals surface area contributed by atoms with Gasteiger partial charge in [-0.2, -0.15) is 12.6 Å². The summed E-state index contributed by atoms with van der Waals surface area (Å²) in [5.41, 5.74) is 7.33. The van der Waals surface area contributed by atoms with E-state index < -0.39 is 47.9 Å². The zero-order chi connectivity index (χ0) is 27.5. The third-order valence-corrected chi connectivity index (χ3v) is 6.30. The Balaban J connectivity index is 2.11. The second-order valence-electron chi connectivity index (χ2n) is 8.77. The quantitative estimate of drug-likeness (QED) is 0.152. The highest BCUT2D eigenvalue weighted by Gasteiger charge is 2.31. The van der Waals surface area contributed by atoms with Gasteiger partial charge in [0.2, 0.25) is 17.7 Å². The van der Waals surface area contributed by atoms with Crippen LogP contribution in [0.15, 0.2) is 36.8 Å². The van der Waals surface area contributed by atoms with E-state index in [9.17, 15) is 29.4 Å². The van der Waals surface area contributed by atoms with Crippen molar-refractivity contribution < 1.29 is 29.4 Å². The number of hydrogen-bond acceptors (Lipinski definition) is 8. The van der Waals surface area contributed by atoms with E-state index in [1.54, 1.807) is 26.0 Å². The largest absolute Gasteiger partial charge is 0.508 e. The minimum absolute atomic E-state index is 0.0367. The van der Waals surface area contributed by atoms with Crippen molar-refractivity contribution in [2.45, 2.75) is 57.3 Å². The summed E-state index contributed by atoms with van der Waals surface area (Å²) in [5.74, 6) is -3.51. The van der Waals surface area contributed by atoms with Crippen molar-refractivity contribution in [1.29, 1.82) is 0 Å². The molecule has 202 valence electrons. The topological polar surface area (TPSA) is 200 Å². The Morgan fingerprint density at radius 3 is 2.19 bits per heavy atom. The molecule has 0 aliphatic rings. The van der Waals surface area contributed by atoms with Gasteiger partial charge in [0, 0.05) is 24.1 Å². The number of carboxylic acids is 1. The Bertz CT molecular complexity index is 1050. The molecular formula is C24H34N6O6S. The molecule has 13 heteroatoms. The van der Waals surface area contributed by atoms with Gasteiger partial charge >= 0.3 is 5.97 Å². The van der Waals surface area contributed by atoms with Gasteiger partial charge in [-0.05, 0) is 30.0 Å². The number of aromatic nitrogens is 2. The van der Waals surface area contributed by atoms with Crippen LogP contribution in [0.4, 0.5) is 0 Å². The van der Waals surface area contributed by atoms with E-state index in [4.69, 9.17) is 5.73 Å². The van der Waals surface area contributed by atoms with Gasteiger partial charge in [-0.15, -0.1) is 0 Å². The lowest BCUT2D eigenvalue weighted by Crippen LogP contribution is -2.58. The fourth-order valence-electron chi connectivity index (χ4n) is 3.49. The van der Waals surface area contributed by atoms with Crippen molar-refractivity contribution in [3.05, 3.63) is 48.0 Å². The molecule has 5 atom stereocenters. The van der Waals surface area contributed by atoms with Gasteiger partial charge < -0.3 is 36.9 Å². The molecule has 0 saturated carbocycles. The van der Waals surface area contributed by atoms with Gasteiger partial charge in [0.15, 0.2) is 0 Å². The number of thiol groups is 1. The Morgan fingerprint density at radius 1 is 1.03 bits per heavy atom. The van der Waals surface area contributed by atoms with Crippen LogP contribution in [0.1, 0.15) is 31.5 Å². The second-order valence-corrected chi connectivity index (χ2v) is 9.14. The number of benzene rings is 1. The highest BCUT2D eigenvalue weighted by Crippen LogP contribution is 2.12. The summed E-state index contributed by atoms with van der Waals surface area (Å²) in [4.78, 5) is 57.1. The third-order valence-electron chi connectivity index (χ3n) is 5.93. The molecule has 8 N–H and O–H groups in total. The van der Waals surface area contributed by atoms with E-state index in [1.807, 2.05) is 0 Å². The number of phenolic OH excluding ortho intramolecular Hbond substituents is 1. The number of carbonyl (C=O) groups is 4. The van der Waals surface area contributed by atoms with E-state index in [0.717, 1.165) is 5.56 Å². The monoisotopic (exact) mass is 534 g/mol. The first-order valence-corrected chi connectivity index (χ1v) is 12.4. The molecule has 0 fully saturated rings. The Hall–Kier alpha value is -3.58. The zero-order valence-electron chi connectivity index (χ0n) is 20.7. The number of nitrogens with zero attached hydrogens (tertiary/aromatic N) is 1. The third kappa shape index (κ3) is 9.10. The molecule has 1 aromatic heterocycles. The fourth-order valence-corrected chi connectivity index (χ4v) is 3.74. The summed E-state index contributed by atoms with van der Waals surface area (Å²) in [6.07, 6.45) is 3.65. The van der Waals surface area contributed by atoms with Gasteiger partial charge in [-0.1, -0.05) is 32.4 Å². The molecule has 0 bridgehead atoms. The van der Waals surface area contributed by atoms with Crippen molar-refractivity contribution in [3.63, 3.8) is 0 Å². The number of aromatic amines is 1. The number of nitrogens with two attached hydrogens (primary N) is 1. The Labute approximate surface area is 220 Å². The number of imidazole rings is 1. The van der Waals surface area contributed by atoms with Crippen LogP contribution in [0.5, 0.6) is 5.75 Å². The number of carboxylic acid groups (broad SMARTS) is 1. The lowest BCUT2D eigenvalue weighted by Gasteiger charge is -2.25. The highest BCUT2D eigenvalue weighted by molar-refractivity contribution is 7.80. The molecule has 0 saturated heterocycles. The number of amides is 3. The van der Waals surface area contributed by atoms with Crippen LogP contribution in [0.3, 0.4) is 0 Å². The Kier molecular flexibility index (Phi) is 11.4. The molecule has 1 aromatic carbocycles. The molecule has 0 spiro atoms. The minimum atomic E-state index is -1.18. The lowest BCUT2D eigenvalue weighted by molar-refractivity contribution is -0.143. The highest BCUT2D eigenvalue weighted by atomic mass is 32.1. The maximum Gasteiger partial charge on any atom is 0.326 e. The van der Waals surface area contributed by atoms with Crippen molar-refractivity contribution in [1.82, 2.24) is 25.9 Å². The maximum atomic E-state index is 13.1. The Morgan fingerprint density at radius 2 is 1.65 bits per heavy atom. The molecular weight excluding hydrogens is 500 g/mol. The van der Waals surface area contributed by atoms with Crippen LogP contribution < -0.4 is 21.7 Å².